The third-order valence-corrected chi connectivity index (χ3v) is 5.72. The van der Waals surface area contributed by atoms with Crippen LogP contribution in [-0.4, -0.2) is 28.8 Å². The fraction of sp³-hybridized carbons (Fsp3) is 0.368. The second kappa shape index (κ2) is 6.28. The Bertz CT molecular complexity index is 742. The number of aromatic nitrogens is 1. The minimum atomic E-state index is 0.191. The number of Topliss-reactive ketones (excluding diaryl/α,β-unsaturated/α-hetero) is 1. The van der Waals surface area contributed by atoms with Crippen LogP contribution >= 0.6 is 11.3 Å². The summed E-state index contributed by atoms with van der Waals surface area (Å²) in [6.07, 6.45) is 7.60. The highest BCUT2D eigenvalue weighted by molar-refractivity contribution is 7.17. The Morgan fingerprint density at radius 2 is 1.83 bits per heavy atom. The van der Waals surface area contributed by atoms with E-state index in [0.29, 0.717) is 0 Å². The van der Waals surface area contributed by atoms with E-state index in [1.54, 1.807) is 11.3 Å². The molecule has 0 atom stereocenters. The van der Waals surface area contributed by atoms with Gasteiger partial charge >= 0.3 is 0 Å². The third-order valence-electron chi connectivity index (χ3n) is 4.58. The summed E-state index contributed by atoms with van der Waals surface area (Å²) in [5.74, 6) is 0.191. The molecule has 3 nitrogen and oxygen atoms in total. The predicted molar refractivity (Wildman–Crippen MR) is 93.7 cm³/mol. The lowest BCUT2D eigenvalue weighted by Crippen LogP contribution is -2.26. The summed E-state index contributed by atoms with van der Waals surface area (Å²) in [6, 6.07) is 10.1. The number of carbonyl (C=O) groups excluding carboxylic acids is 1. The zero-order valence-electron chi connectivity index (χ0n) is 13.1. The van der Waals surface area contributed by atoms with Crippen LogP contribution in [0.3, 0.4) is 0 Å². The Kier molecular flexibility index (Phi) is 4.00. The lowest BCUT2D eigenvalue weighted by Gasteiger charge is -2.26. The maximum Gasteiger partial charge on any atom is 0.202 e. The molecule has 0 unspecified atom stereocenters. The number of aryl methyl sites for hydroxylation is 1. The molecule has 0 amide bonds. The fourth-order valence-electron chi connectivity index (χ4n) is 3.31. The van der Waals surface area contributed by atoms with Gasteiger partial charge in [0.25, 0.3) is 0 Å². The van der Waals surface area contributed by atoms with E-state index in [0.717, 1.165) is 52.6 Å². The smallest absolute Gasteiger partial charge is 0.202 e. The van der Waals surface area contributed by atoms with Crippen LogP contribution in [0.5, 0.6) is 0 Å². The van der Waals surface area contributed by atoms with Crippen molar-refractivity contribution in [3.05, 3.63) is 52.7 Å². The van der Waals surface area contributed by atoms with E-state index in [1.807, 2.05) is 18.2 Å². The molecule has 23 heavy (non-hydrogen) atoms. The van der Waals surface area contributed by atoms with Crippen molar-refractivity contribution in [3.8, 4) is 10.6 Å². The molecule has 2 aliphatic rings. The highest BCUT2D eigenvalue weighted by Gasteiger charge is 2.27. The Balaban J connectivity index is 1.61. The SMILES string of the molecule is O=C1/C(=C/N2CCCCC2)CCc2nc(-c3ccccc3)sc21. The molecule has 2 heterocycles. The number of carbonyl (C=O) groups is 1. The topological polar surface area (TPSA) is 33.2 Å². The van der Waals surface area contributed by atoms with Crippen LogP contribution in [0.15, 0.2) is 42.1 Å². The van der Waals surface area contributed by atoms with Gasteiger partial charge < -0.3 is 4.90 Å². The Morgan fingerprint density at radius 1 is 1.04 bits per heavy atom. The minimum Gasteiger partial charge on any atom is -0.377 e. The van der Waals surface area contributed by atoms with Gasteiger partial charge in [-0.15, -0.1) is 11.3 Å². The number of hydrogen-bond acceptors (Lipinski definition) is 4. The first kappa shape index (κ1) is 14.6. The highest BCUT2D eigenvalue weighted by atomic mass is 32.1. The molecule has 1 saturated heterocycles. The number of piperidine rings is 1. The van der Waals surface area contributed by atoms with Crippen molar-refractivity contribution in [2.45, 2.75) is 32.1 Å². The number of thiazole rings is 1. The number of likely N-dealkylation sites (tertiary alicyclic amines) is 1. The Hall–Kier alpha value is -1.94. The van der Waals surface area contributed by atoms with Crippen LogP contribution in [0, 0.1) is 0 Å². The van der Waals surface area contributed by atoms with Crippen molar-refractivity contribution in [2.24, 2.45) is 0 Å². The molecule has 0 spiro atoms. The number of benzene rings is 1. The molecule has 1 aliphatic heterocycles. The first-order chi connectivity index (χ1) is 11.3. The average Bonchev–Trinajstić information content (AvgIpc) is 3.04. The molecule has 0 saturated carbocycles. The van der Waals surface area contributed by atoms with Gasteiger partial charge in [0, 0.05) is 30.4 Å². The van der Waals surface area contributed by atoms with E-state index in [2.05, 4.69) is 23.2 Å². The Morgan fingerprint density at radius 3 is 2.61 bits per heavy atom. The summed E-state index contributed by atoms with van der Waals surface area (Å²) in [6.45, 7) is 2.17. The number of nitrogens with zero attached hydrogens (tertiary/aromatic N) is 2. The lowest BCUT2D eigenvalue weighted by molar-refractivity contribution is 0.102. The third kappa shape index (κ3) is 2.95. The maximum atomic E-state index is 12.8. The first-order valence-corrected chi connectivity index (χ1v) is 9.17. The van der Waals surface area contributed by atoms with Crippen molar-refractivity contribution >= 4 is 17.1 Å². The van der Waals surface area contributed by atoms with Crippen molar-refractivity contribution < 1.29 is 4.79 Å². The van der Waals surface area contributed by atoms with E-state index < -0.39 is 0 Å². The first-order valence-electron chi connectivity index (χ1n) is 8.36. The molecule has 118 valence electrons. The van der Waals surface area contributed by atoms with Gasteiger partial charge in [0.2, 0.25) is 5.78 Å². The molecule has 1 fully saturated rings. The van der Waals surface area contributed by atoms with Crippen LogP contribution < -0.4 is 0 Å². The normalized spacial score (nSPS) is 19.9. The number of hydrogen-bond donors (Lipinski definition) is 0. The van der Waals surface area contributed by atoms with Crippen LogP contribution in [0.2, 0.25) is 0 Å². The summed E-state index contributed by atoms with van der Waals surface area (Å²) >= 11 is 1.54. The summed E-state index contributed by atoms with van der Waals surface area (Å²) in [7, 11) is 0. The molecule has 1 aromatic carbocycles. The number of rotatable bonds is 2. The summed E-state index contributed by atoms with van der Waals surface area (Å²) in [5.41, 5.74) is 3.04. The molecule has 4 heteroatoms. The second-order valence-electron chi connectivity index (χ2n) is 6.24. The van der Waals surface area contributed by atoms with Gasteiger partial charge in [0.05, 0.1) is 10.6 Å². The van der Waals surface area contributed by atoms with E-state index >= 15 is 0 Å². The molecular weight excluding hydrogens is 304 g/mol. The summed E-state index contributed by atoms with van der Waals surface area (Å²) in [5, 5.41) is 0.961. The predicted octanol–water partition coefficient (Wildman–Crippen LogP) is 4.31. The molecule has 1 aromatic heterocycles. The Labute approximate surface area is 140 Å². The quantitative estimate of drug-likeness (QED) is 0.772. The monoisotopic (exact) mass is 324 g/mol. The van der Waals surface area contributed by atoms with E-state index in [1.165, 1.54) is 19.3 Å². The van der Waals surface area contributed by atoms with Gasteiger partial charge in [-0.25, -0.2) is 4.98 Å². The van der Waals surface area contributed by atoms with Gasteiger partial charge in [0.1, 0.15) is 5.01 Å². The number of ketones is 1. The van der Waals surface area contributed by atoms with Crippen molar-refractivity contribution in [1.29, 1.82) is 0 Å². The largest absolute Gasteiger partial charge is 0.377 e. The molecule has 4 rings (SSSR count). The molecule has 1 aliphatic carbocycles. The zero-order valence-corrected chi connectivity index (χ0v) is 13.9. The van der Waals surface area contributed by atoms with E-state index in [4.69, 9.17) is 4.98 Å². The molecule has 0 N–H and O–H groups in total. The highest BCUT2D eigenvalue weighted by Crippen LogP contribution is 2.34. The number of fused-ring (bicyclic) bond motifs is 1. The molecule has 0 bridgehead atoms. The number of allylic oxidation sites excluding steroid dienone is 1. The van der Waals surface area contributed by atoms with Crippen molar-refractivity contribution in [1.82, 2.24) is 9.88 Å². The van der Waals surface area contributed by atoms with E-state index in [-0.39, 0.29) is 5.78 Å². The summed E-state index contributed by atoms with van der Waals surface area (Å²) < 4.78 is 0. The van der Waals surface area contributed by atoms with Gasteiger partial charge in [-0.2, -0.15) is 0 Å². The van der Waals surface area contributed by atoms with Gasteiger partial charge in [0.15, 0.2) is 0 Å². The minimum absolute atomic E-state index is 0.191. The fourth-order valence-corrected chi connectivity index (χ4v) is 4.40. The zero-order chi connectivity index (χ0) is 15.6. The summed E-state index contributed by atoms with van der Waals surface area (Å²) in [4.78, 5) is 20.7. The second-order valence-corrected chi connectivity index (χ2v) is 7.24. The van der Waals surface area contributed by atoms with Crippen molar-refractivity contribution in [3.63, 3.8) is 0 Å². The molecule has 2 aromatic rings. The van der Waals surface area contributed by atoms with Crippen LogP contribution in [-0.2, 0) is 6.42 Å². The average molecular weight is 324 g/mol. The van der Waals surface area contributed by atoms with Crippen molar-refractivity contribution in [2.75, 3.05) is 13.1 Å². The maximum absolute atomic E-state index is 12.8. The van der Waals surface area contributed by atoms with Crippen LogP contribution in [0.1, 0.15) is 41.0 Å². The molecule has 0 radical (unpaired) electrons. The lowest BCUT2D eigenvalue weighted by atomic mass is 9.96. The van der Waals surface area contributed by atoms with Crippen LogP contribution in [0.25, 0.3) is 10.6 Å². The van der Waals surface area contributed by atoms with E-state index in [9.17, 15) is 4.79 Å². The standard InChI is InChI=1S/C19H20N2OS/c22-17-15(13-21-11-5-2-6-12-21)9-10-16-18(17)23-19(20-16)14-7-3-1-4-8-14/h1,3-4,7-8,13H,2,5-6,9-12H2/b15-13+. The van der Waals surface area contributed by atoms with Gasteiger partial charge in [-0.3, -0.25) is 4.79 Å². The van der Waals surface area contributed by atoms with Crippen LogP contribution in [0.4, 0.5) is 0 Å². The van der Waals surface area contributed by atoms with Gasteiger partial charge in [-0.05, 0) is 32.1 Å². The van der Waals surface area contributed by atoms with Gasteiger partial charge in [-0.1, -0.05) is 30.3 Å². The molecular formula is C19H20N2OS.